The number of rotatable bonds is 6. The van der Waals surface area contributed by atoms with E-state index in [1.54, 1.807) is 24.3 Å². The second kappa shape index (κ2) is 7.76. The van der Waals surface area contributed by atoms with Crippen LogP contribution in [-0.4, -0.2) is 32.7 Å². The minimum absolute atomic E-state index is 0.0492. The molecule has 5 nitrogen and oxygen atoms in total. The summed E-state index contributed by atoms with van der Waals surface area (Å²) in [4.78, 5) is 22.9. The van der Waals surface area contributed by atoms with Gasteiger partial charge in [-0.3, -0.25) is 9.59 Å². The summed E-state index contributed by atoms with van der Waals surface area (Å²) in [6.45, 7) is -0.0642. The first-order valence-electron chi connectivity index (χ1n) is 5.67. The maximum absolute atomic E-state index is 11.5. The van der Waals surface area contributed by atoms with Gasteiger partial charge in [0.15, 0.2) is 0 Å². The molecule has 1 N–H and O–H groups in total. The monoisotopic (exact) mass is 285 g/mol. The Morgan fingerprint density at radius 3 is 2.42 bits per heavy atom. The highest BCUT2D eigenvalue weighted by Gasteiger charge is 2.18. The predicted molar refractivity (Wildman–Crippen MR) is 70.8 cm³/mol. The van der Waals surface area contributed by atoms with E-state index < -0.39 is 12.0 Å². The number of benzene rings is 1. The molecule has 0 saturated heterocycles. The third-order valence-electron chi connectivity index (χ3n) is 2.48. The second-order valence-corrected chi connectivity index (χ2v) is 4.32. The van der Waals surface area contributed by atoms with Gasteiger partial charge in [-0.1, -0.05) is 23.7 Å². The standard InChI is InChI=1S/C13H16ClNO4/c1-18-8-12(16)15-11(7-13(17)19-2)9-3-5-10(14)6-4-9/h3-6,11H,7-8H2,1-2H3,(H,15,16)/t11-/m1/s1. The van der Waals surface area contributed by atoms with Gasteiger partial charge in [0, 0.05) is 12.1 Å². The Hall–Kier alpha value is -1.59. The Bertz CT molecular complexity index is 433. The Balaban J connectivity index is 2.82. The Labute approximate surface area is 116 Å². The number of halogens is 1. The van der Waals surface area contributed by atoms with Crippen LogP contribution in [0.2, 0.25) is 5.02 Å². The lowest BCUT2D eigenvalue weighted by molar-refractivity contribution is -0.141. The van der Waals surface area contributed by atoms with Crippen molar-refractivity contribution in [2.45, 2.75) is 12.5 Å². The molecule has 0 spiro atoms. The molecule has 0 aromatic heterocycles. The maximum Gasteiger partial charge on any atom is 0.307 e. The van der Waals surface area contributed by atoms with Gasteiger partial charge in [0.1, 0.15) is 6.61 Å². The lowest BCUT2D eigenvalue weighted by atomic mass is 10.0. The zero-order valence-electron chi connectivity index (χ0n) is 10.8. The van der Waals surface area contributed by atoms with Crippen LogP contribution in [0, 0.1) is 0 Å². The third kappa shape index (κ3) is 5.28. The summed E-state index contributed by atoms with van der Waals surface area (Å²) in [5, 5.41) is 3.30. The van der Waals surface area contributed by atoms with E-state index in [2.05, 4.69) is 10.1 Å². The molecule has 0 aliphatic carbocycles. The topological polar surface area (TPSA) is 64.6 Å². The minimum atomic E-state index is -0.465. The SMILES string of the molecule is COCC(=O)N[C@H](CC(=O)OC)c1ccc(Cl)cc1. The average molecular weight is 286 g/mol. The fourth-order valence-electron chi connectivity index (χ4n) is 1.56. The molecular weight excluding hydrogens is 270 g/mol. The van der Waals surface area contributed by atoms with E-state index in [1.807, 2.05) is 0 Å². The molecule has 1 aromatic rings. The molecule has 1 rings (SSSR count). The molecule has 0 bridgehead atoms. The number of hydrogen-bond donors (Lipinski definition) is 1. The first-order valence-corrected chi connectivity index (χ1v) is 6.05. The number of carbonyl (C=O) groups is 2. The third-order valence-corrected chi connectivity index (χ3v) is 2.73. The van der Waals surface area contributed by atoms with Gasteiger partial charge in [-0.15, -0.1) is 0 Å². The molecule has 0 aliphatic heterocycles. The van der Waals surface area contributed by atoms with E-state index in [1.165, 1.54) is 14.2 Å². The highest BCUT2D eigenvalue weighted by atomic mass is 35.5. The van der Waals surface area contributed by atoms with Gasteiger partial charge in [0.25, 0.3) is 0 Å². The van der Waals surface area contributed by atoms with Gasteiger partial charge in [-0.25, -0.2) is 0 Å². The van der Waals surface area contributed by atoms with Crippen LogP contribution in [0.15, 0.2) is 24.3 Å². The number of methoxy groups -OCH3 is 2. The molecule has 104 valence electrons. The van der Waals surface area contributed by atoms with Crippen LogP contribution in [0.25, 0.3) is 0 Å². The molecule has 1 aromatic carbocycles. The van der Waals surface area contributed by atoms with Gasteiger partial charge in [-0.2, -0.15) is 0 Å². The van der Waals surface area contributed by atoms with Crippen molar-refractivity contribution in [2.75, 3.05) is 20.8 Å². The molecule has 0 fully saturated rings. The molecule has 0 heterocycles. The zero-order valence-corrected chi connectivity index (χ0v) is 11.6. The summed E-state index contributed by atoms with van der Waals surface area (Å²) in [5.74, 6) is -0.705. The quantitative estimate of drug-likeness (QED) is 0.808. The lowest BCUT2D eigenvalue weighted by Gasteiger charge is -2.18. The van der Waals surface area contributed by atoms with Gasteiger partial charge < -0.3 is 14.8 Å². The molecule has 0 unspecified atom stereocenters. The Morgan fingerprint density at radius 2 is 1.89 bits per heavy atom. The number of amides is 1. The summed E-state index contributed by atoms with van der Waals surface area (Å²) in [6, 6.07) is 6.44. The first-order chi connectivity index (χ1) is 9.06. The Kier molecular flexibility index (Phi) is 6.32. The van der Waals surface area contributed by atoms with Crippen molar-refractivity contribution < 1.29 is 19.1 Å². The van der Waals surface area contributed by atoms with E-state index in [4.69, 9.17) is 16.3 Å². The lowest BCUT2D eigenvalue weighted by Crippen LogP contribution is -2.32. The van der Waals surface area contributed by atoms with Gasteiger partial charge in [-0.05, 0) is 17.7 Å². The van der Waals surface area contributed by atoms with Gasteiger partial charge in [0.05, 0.1) is 19.6 Å². The van der Waals surface area contributed by atoms with Crippen molar-refractivity contribution in [3.63, 3.8) is 0 Å². The number of hydrogen-bond acceptors (Lipinski definition) is 4. The molecule has 0 radical (unpaired) electrons. The van der Waals surface area contributed by atoms with E-state index in [0.29, 0.717) is 5.02 Å². The van der Waals surface area contributed by atoms with Crippen LogP contribution in [-0.2, 0) is 19.1 Å². The van der Waals surface area contributed by atoms with Crippen LogP contribution < -0.4 is 5.32 Å². The van der Waals surface area contributed by atoms with Crippen LogP contribution in [0.1, 0.15) is 18.0 Å². The highest BCUT2D eigenvalue weighted by Crippen LogP contribution is 2.19. The van der Waals surface area contributed by atoms with Crippen molar-refractivity contribution in [1.29, 1.82) is 0 Å². The summed E-state index contributed by atoms with van der Waals surface area (Å²) >= 11 is 5.81. The van der Waals surface area contributed by atoms with E-state index in [9.17, 15) is 9.59 Å². The molecule has 6 heteroatoms. The largest absolute Gasteiger partial charge is 0.469 e. The summed E-state index contributed by atoms with van der Waals surface area (Å²) in [6.07, 6.45) is 0.0492. The number of esters is 1. The fraction of sp³-hybridized carbons (Fsp3) is 0.385. The van der Waals surface area contributed by atoms with E-state index in [-0.39, 0.29) is 18.9 Å². The van der Waals surface area contributed by atoms with Crippen molar-refractivity contribution in [2.24, 2.45) is 0 Å². The van der Waals surface area contributed by atoms with Crippen LogP contribution in [0.4, 0.5) is 0 Å². The molecule has 19 heavy (non-hydrogen) atoms. The number of ether oxygens (including phenoxy) is 2. The van der Waals surface area contributed by atoms with Crippen LogP contribution >= 0.6 is 11.6 Å². The fourth-order valence-corrected chi connectivity index (χ4v) is 1.69. The molecule has 1 atom stereocenters. The predicted octanol–water partition coefficient (Wildman–Crippen LogP) is 1.71. The van der Waals surface area contributed by atoms with E-state index in [0.717, 1.165) is 5.56 Å². The number of nitrogens with one attached hydrogen (secondary N) is 1. The van der Waals surface area contributed by atoms with Crippen molar-refractivity contribution in [3.05, 3.63) is 34.9 Å². The minimum Gasteiger partial charge on any atom is -0.469 e. The Morgan fingerprint density at radius 1 is 1.26 bits per heavy atom. The van der Waals surface area contributed by atoms with Crippen molar-refractivity contribution >= 4 is 23.5 Å². The number of carbonyl (C=O) groups excluding carboxylic acids is 2. The van der Waals surface area contributed by atoms with Crippen LogP contribution in [0.5, 0.6) is 0 Å². The van der Waals surface area contributed by atoms with Crippen molar-refractivity contribution in [3.8, 4) is 0 Å². The first kappa shape index (κ1) is 15.5. The van der Waals surface area contributed by atoms with Crippen molar-refractivity contribution in [1.82, 2.24) is 5.32 Å². The highest BCUT2D eigenvalue weighted by molar-refractivity contribution is 6.30. The molecular formula is C13H16ClNO4. The molecule has 0 aliphatic rings. The average Bonchev–Trinajstić information content (AvgIpc) is 2.39. The van der Waals surface area contributed by atoms with Gasteiger partial charge in [0.2, 0.25) is 5.91 Å². The summed E-state index contributed by atoms with van der Waals surface area (Å²) in [7, 11) is 2.73. The molecule has 1 amide bonds. The smallest absolute Gasteiger partial charge is 0.307 e. The second-order valence-electron chi connectivity index (χ2n) is 3.88. The van der Waals surface area contributed by atoms with E-state index >= 15 is 0 Å². The summed E-state index contributed by atoms with van der Waals surface area (Å²) < 4.78 is 9.36. The molecule has 0 saturated carbocycles. The summed E-state index contributed by atoms with van der Waals surface area (Å²) in [5.41, 5.74) is 0.777. The van der Waals surface area contributed by atoms with Gasteiger partial charge >= 0.3 is 5.97 Å². The van der Waals surface area contributed by atoms with Crippen LogP contribution in [0.3, 0.4) is 0 Å². The maximum atomic E-state index is 11.5. The zero-order chi connectivity index (χ0) is 14.3. The normalized spacial score (nSPS) is 11.7.